The Morgan fingerprint density at radius 1 is 1.13 bits per heavy atom. The summed E-state index contributed by atoms with van der Waals surface area (Å²) in [4.78, 5) is 14.2. The number of carboxylic acid groups (broad SMARTS) is 1. The molecule has 1 heterocycles. The average Bonchev–Trinajstić information content (AvgIpc) is 3.34. The summed E-state index contributed by atoms with van der Waals surface area (Å²) in [5.74, 6) is 0.995. The maximum Gasteiger partial charge on any atom is 0.303 e. The van der Waals surface area contributed by atoms with Gasteiger partial charge in [0.2, 0.25) is 0 Å². The van der Waals surface area contributed by atoms with E-state index < -0.39 is 5.97 Å². The molecule has 0 spiro atoms. The molecule has 1 fully saturated rings. The van der Waals surface area contributed by atoms with Crippen LogP contribution >= 0.6 is 0 Å². The number of aromatic nitrogens is 1. The van der Waals surface area contributed by atoms with Crippen LogP contribution in [0.4, 0.5) is 0 Å². The van der Waals surface area contributed by atoms with E-state index in [2.05, 4.69) is 30.1 Å². The topological polar surface area (TPSA) is 71.6 Å². The Hall–Kier alpha value is -2.95. The largest absolute Gasteiger partial charge is 0.490 e. The molecule has 4 rings (SSSR count). The number of benzene rings is 2. The van der Waals surface area contributed by atoms with Crippen LogP contribution in [0.3, 0.4) is 0 Å². The molecule has 30 heavy (non-hydrogen) atoms. The SMILES string of the molecule is Cc1cc(COc2ccc3[nH]c(CCC(=O)O)c(C)c3c2)ccc1OC1CCCC1. The van der Waals surface area contributed by atoms with E-state index >= 15 is 0 Å². The van der Waals surface area contributed by atoms with Crippen molar-refractivity contribution in [2.75, 3.05) is 0 Å². The quantitative estimate of drug-likeness (QED) is 0.502. The van der Waals surface area contributed by atoms with Gasteiger partial charge < -0.3 is 19.6 Å². The van der Waals surface area contributed by atoms with Gasteiger partial charge in [-0.05, 0) is 93.0 Å². The highest BCUT2D eigenvalue weighted by molar-refractivity contribution is 5.86. The highest BCUT2D eigenvalue weighted by Crippen LogP contribution is 2.29. The lowest BCUT2D eigenvalue weighted by molar-refractivity contribution is -0.136. The Morgan fingerprint density at radius 2 is 1.93 bits per heavy atom. The fourth-order valence-corrected chi connectivity index (χ4v) is 4.22. The second-order valence-electron chi connectivity index (χ2n) is 8.24. The van der Waals surface area contributed by atoms with Gasteiger partial charge in [0.05, 0.1) is 12.5 Å². The minimum absolute atomic E-state index is 0.122. The highest BCUT2D eigenvalue weighted by atomic mass is 16.5. The van der Waals surface area contributed by atoms with Crippen molar-refractivity contribution < 1.29 is 19.4 Å². The minimum atomic E-state index is -0.785. The van der Waals surface area contributed by atoms with Crippen molar-refractivity contribution in [1.29, 1.82) is 0 Å². The summed E-state index contributed by atoms with van der Waals surface area (Å²) < 4.78 is 12.2. The Labute approximate surface area is 177 Å². The molecular weight excluding hydrogens is 378 g/mol. The van der Waals surface area contributed by atoms with Crippen molar-refractivity contribution in [3.8, 4) is 11.5 Å². The number of fused-ring (bicyclic) bond motifs is 1. The predicted molar refractivity (Wildman–Crippen MR) is 117 cm³/mol. The number of hydrogen-bond donors (Lipinski definition) is 2. The van der Waals surface area contributed by atoms with Crippen LogP contribution in [0.25, 0.3) is 10.9 Å². The van der Waals surface area contributed by atoms with Crippen molar-refractivity contribution in [2.24, 2.45) is 0 Å². The van der Waals surface area contributed by atoms with Gasteiger partial charge in [-0.2, -0.15) is 0 Å². The lowest BCUT2D eigenvalue weighted by Crippen LogP contribution is -2.11. The fraction of sp³-hybridized carbons (Fsp3) is 0.400. The zero-order valence-corrected chi connectivity index (χ0v) is 17.7. The monoisotopic (exact) mass is 407 g/mol. The molecule has 2 aromatic carbocycles. The van der Waals surface area contributed by atoms with Crippen LogP contribution in [-0.4, -0.2) is 22.2 Å². The normalized spacial score (nSPS) is 14.3. The lowest BCUT2D eigenvalue weighted by atomic mass is 10.1. The van der Waals surface area contributed by atoms with Gasteiger partial charge in [-0.1, -0.05) is 6.07 Å². The summed E-state index contributed by atoms with van der Waals surface area (Å²) in [6, 6.07) is 12.2. The van der Waals surface area contributed by atoms with E-state index in [1.54, 1.807) is 0 Å². The Bertz CT molecular complexity index is 1050. The zero-order chi connectivity index (χ0) is 21.1. The molecule has 0 unspecified atom stereocenters. The Balaban J connectivity index is 1.42. The smallest absolute Gasteiger partial charge is 0.303 e. The van der Waals surface area contributed by atoms with Gasteiger partial charge >= 0.3 is 5.97 Å². The average molecular weight is 408 g/mol. The number of carbonyl (C=O) groups is 1. The standard InChI is InChI=1S/C25H29NO4/c1-16-13-18(7-11-24(16)30-19-5-3-4-6-19)15-29-20-8-9-23-21(14-20)17(2)22(26-23)10-12-25(27)28/h7-9,11,13-14,19,26H,3-6,10,12,15H2,1-2H3,(H,27,28). The first kappa shape index (κ1) is 20.3. The van der Waals surface area contributed by atoms with Gasteiger partial charge in [-0.15, -0.1) is 0 Å². The maximum absolute atomic E-state index is 10.9. The van der Waals surface area contributed by atoms with Gasteiger partial charge in [0.1, 0.15) is 18.1 Å². The fourth-order valence-electron chi connectivity index (χ4n) is 4.22. The number of aryl methyl sites for hydroxylation is 3. The summed E-state index contributed by atoms with van der Waals surface area (Å²) in [6.45, 7) is 4.60. The molecule has 1 aliphatic carbocycles. The molecular formula is C25H29NO4. The van der Waals surface area contributed by atoms with Crippen molar-refractivity contribution in [1.82, 2.24) is 4.98 Å². The van der Waals surface area contributed by atoms with E-state index in [4.69, 9.17) is 14.6 Å². The first-order valence-corrected chi connectivity index (χ1v) is 10.7. The number of aliphatic carboxylic acids is 1. The van der Waals surface area contributed by atoms with Crippen molar-refractivity contribution in [3.63, 3.8) is 0 Å². The van der Waals surface area contributed by atoms with Gasteiger partial charge in [0, 0.05) is 16.6 Å². The minimum Gasteiger partial charge on any atom is -0.490 e. The molecule has 2 N–H and O–H groups in total. The molecule has 158 valence electrons. The van der Waals surface area contributed by atoms with Crippen molar-refractivity contribution >= 4 is 16.9 Å². The number of aromatic amines is 1. The van der Waals surface area contributed by atoms with Crippen LogP contribution in [0.5, 0.6) is 11.5 Å². The van der Waals surface area contributed by atoms with Crippen molar-refractivity contribution in [2.45, 2.75) is 65.1 Å². The third kappa shape index (κ3) is 4.61. The van der Waals surface area contributed by atoms with Gasteiger partial charge in [-0.25, -0.2) is 0 Å². The predicted octanol–water partition coefficient (Wildman–Crippen LogP) is 5.70. The van der Waals surface area contributed by atoms with Crippen molar-refractivity contribution in [3.05, 3.63) is 58.8 Å². The number of hydrogen-bond acceptors (Lipinski definition) is 3. The first-order chi connectivity index (χ1) is 14.5. The van der Waals surface area contributed by atoms with Gasteiger partial charge in [-0.3, -0.25) is 4.79 Å². The van der Waals surface area contributed by atoms with E-state index in [1.807, 2.05) is 25.1 Å². The van der Waals surface area contributed by atoms with Gasteiger partial charge in [0.15, 0.2) is 0 Å². The van der Waals surface area contributed by atoms with Gasteiger partial charge in [0.25, 0.3) is 0 Å². The molecule has 0 atom stereocenters. The molecule has 0 radical (unpaired) electrons. The van der Waals surface area contributed by atoms with Crippen LogP contribution in [0, 0.1) is 13.8 Å². The number of H-pyrrole nitrogens is 1. The van der Waals surface area contributed by atoms with E-state index in [0.29, 0.717) is 19.1 Å². The second-order valence-corrected chi connectivity index (χ2v) is 8.24. The number of rotatable bonds is 8. The zero-order valence-electron chi connectivity index (χ0n) is 17.7. The number of ether oxygens (including phenoxy) is 2. The van der Waals surface area contributed by atoms with E-state index in [-0.39, 0.29) is 6.42 Å². The number of nitrogens with one attached hydrogen (secondary N) is 1. The summed E-state index contributed by atoms with van der Waals surface area (Å²) >= 11 is 0. The summed E-state index contributed by atoms with van der Waals surface area (Å²) in [5.41, 5.74) is 5.31. The van der Waals surface area contributed by atoms with Crippen LogP contribution < -0.4 is 9.47 Å². The molecule has 0 aliphatic heterocycles. The maximum atomic E-state index is 10.9. The summed E-state index contributed by atoms with van der Waals surface area (Å²) in [7, 11) is 0. The second kappa shape index (κ2) is 8.82. The van der Waals surface area contributed by atoms with Crippen LogP contribution in [-0.2, 0) is 17.8 Å². The van der Waals surface area contributed by atoms with E-state index in [0.717, 1.165) is 57.6 Å². The molecule has 1 aromatic heterocycles. The molecule has 0 saturated heterocycles. The first-order valence-electron chi connectivity index (χ1n) is 10.7. The summed E-state index contributed by atoms with van der Waals surface area (Å²) in [5, 5.41) is 10.0. The third-order valence-electron chi connectivity index (χ3n) is 5.96. The molecule has 1 saturated carbocycles. The van der Waals surface area contributed by atoms with Crippen LogP contribution in [0.1, 0.15) is 54.5 Å². The Morgan fingerprint density at radius 3 is 2.67 bits per heavy atom. The molecule has 0 bridgehead atoms. The lowest BCUT2D eigenvalue weighted by Gasteiger charge is -2.16. The van der Waals surface area contributed by atoms with Crippen LogP contribution in [0.15, 0.2) is 36.4 Å². The highest BCUT2D eigenvalue weighted by Gasteiger charge is 2.17. The van der Waals surface area contributed by atoms with Crippen LogP contribution in [0.2, 0.25) is 0 Å². The Kier molecular flexibility index (Phi) is 5.98. The van der Waals surface area contributed by atoms with E-state index in [1.165, 1.54) is 12.8 Å². The number of carboxylic acids is 1. The molecule has 0 amide bonds. The van der Waals surface area contributed by atoms with E-state index in [9.17, 15) is 4.79 Å². The molecule has 5 heteroatoms. The third-order valence-corrected chi connectivity index (χ3v) is 5.96. The molecule has 3 aromatic rings. The molecule has 5 nitrogen and oxygen atoms in total. The summed E-state index contributed by atoms with van der Waals surface area (Å²) in [6.07, 6.45) is 5.83. The molecule has 1 aliphatic rings.